The third-order valence-corrected chi connectivity index (χ3v) is 9.50. The van der Waals surface area contributed by atoms with E-state index in [9.17, 15) is 0 Å². The minimum atomic E-state index is -0.245. The Bertz CT molecular complexity index is 2420. The molecule has 0 spiro atoms. The van der Waals surface area contributed by atoms with Gasteiger partial charge in [0.05, 0.1) is 0 Å². The van der Waals surface area contributed by atoms with E-state index in [2.05, 4.69) is 96.3 Å². The maximum atomic E-state index is 6.50. The number of thiophene rings is 1. The van der Waals surface area contributed by atoms with Gasteiger partial charge in [-0.1, -0.05) is 97.1 Å². The van der Waals surface area contributed by atoms with Crippen LogP contribution in [0.4, 0.5) is 0 Å². The van der Waals surface area contributed by atoms with Crippen molar-refractivity contribution < 1.29 is 4.42 Å². The molecule has 0 radical (unpaired) electrons. The van der Waals surface area contributed by atoms with E-state index in [1.807, 2.05) is 59.9 Å². The van der Waals surface area contributed by atoms with Crippen LogP contribution in [0.2, 0.25) is 0 Å². The number of nitrogens with one attached hydrogen (secondary N) is 1. The van der Waals surface area contributed by atoms with Crippen LogP contribution in [0.1, 0.15) is 22.9 Å². The Morgan fingerprint density at radius 1 is 0.523 bits per heavy atom. The maximum absolute atomic E-state index is 6.50. The quantitative estimate of drug-likeness (QED) is 0.224. The summed E-state index contributed by atoms with van der Waals surface area (Å²) in [5.41, 5.74) is 7.05. The van der Waals surface area contributed by atoms with E-state index in [0.717, 1.165) is 50.0 Å². The minimum absolute atomic E-state index is 0.245. The van der Waals surface area contributed by atoms with Gasteiger partial charge in [0.2, 0.25) is 0 Å². The van der Waals surface area contributed by atoms with Gasteiger partial charge in [-0.15, -0.1) is 11.3 Å². The van der Waals surface area contributed by atoms with Crippen LogP contribution in [0.25, 0.3) is 53.2 Å². The van der Waals surface area contributed by atoms with E-state index in [0.29, 0.717) is 5.84 Å². The molecular weight excluding hydrogens is 559 g/mol. The van der Waals surface area contributed by atoms with Crippen LogP contribution in [0.5, 0.6) is 0 Å². The molecular formula is C39H25N3OS. The van der Waals surface area contributed by atoms with Gasteiger partial charge >= 0.3 is 0 Å². The van der Waals surface area contributed by atoms with Gasteiger partial charge in [0.25, 0.3) is 0 Å². The first-order valence-electron chi connectivity index (χ1n) is 14.7. The van der Waals surface area contributed by atoms with Gasteiger partial charge in [-0.2, -0.15) is 0 Å². The lowest BCUT2D eigenvalue weighted by molar-refractivity contribution is 0.666. The predicted octanol–water partition coefficient (Wildman–Crippen LogP) is 10.1. The van der Waals surface area contributed by atoms with Crippen LogP contribution in [0.3, 0.4) is 0 Å². The highest BCUT2D eigenvalue weighted by Crippen LogP contribution is 2.38. The molecule has 0 saturated heterocycles. The van der Waals surface area contributed by atoms with Gasteiger partial charge in [-0.05, 0) is 59.2 Å². The number of rotatable bonds is 4. The van der Waals surface area contributed by atoms with E-state index < -0.39 is 0 Å². The molecule has 4 nitrogen and oxygen atoms in total. The fraction of sp³-hybridized carbons (Fsp3) is 0.0256. The van der Waals surface area contributed by atoms with E-state index in [-0.39, 0.29) is 6.17 Å². The van der Waals surface area contributed by atoms with Crippen molar-refractivity contribution in [2.24, 2.45) is 9.98 Å². The zero-order valence-corrected chi connectivity index (χ0v) is 24.4. The average molecular weight is 584 g/mol. The maximum Gasteiger partial charge on any atom is 0.159 e. The number of furan rings is 1. The van der Waals surface area contributed by atoms with Crippen molar-refractivity contribution in [3.63, 3.8) is 0 Å². The van der Waals surface area contributed by atoms with E-state index >= 15 is 0 Å². The Morgan fingerprint density at radius 2 is 1.16 bits per heavy atom. The Labute approximate surface area is 257 Å². The molecule has 44 heavy (non-hydrogen) atoms. The van der Waals surface area contributed by atoms with Crippen molar-refractivity contribution in [1.29, 1.82) is 0 Å². The number of hydrogen-bond acceptors (Lipinski definition) is 5. The van der Waals surface area contributed by atoms with Gasteiger partial charge < -0.3 is 9.73 Å². The third kappa shape index (κ3) is 4.21. The number of benzene rings is 6. The highest BCUT2D eigenvalue weighted by atomic mass is 32.1. The van der Waals surface area contributed by atoms with Crippen molar-refractivity contribution in [2.75, 3.05) is 0 Å². The van der Waals surface area contributed by atoms with E-state index in [4.69, 9.17) is 14.4 Å². The Morgan fingerprint density at radius 3 is 1.98 bits per heavy atom. The van der Waals surface area contributed by atoms with Crippen LogP contribution >= 0.6 is 11.3 Å². The molecule has 0 bridgehead atoms. The molecule has 1 unspecified atom stereocenters. The zero-order valence-electron chi connectivity index (χ0n) is 23.6. The van der Waals surface area contributed by atoms with Crippen molar-refractivity contribution in [1.82, 2.24) is 5.32 Å². The topological polar surface area (TPSA) is 49.9 Å². The molecule has 0 aliphatic carbocycles. The lowest BCUT2D eigenvalue weighted by Crippen LogP contribution is -2.33. The molecule has 0 amide bonds. The summed E-state index contributed by atoms with van der Waals surface area (Å²) < 4.78 is 9.12. The molecule has 1 aliphatic rings. The van der Waals surface area contributed by atoms with Gasteiger partial charge in [-0.25, -0.2) is 9.98 Å². The normalized spacial score (nSPS) is 15.0. The number of nitrogens with zero attached hydrogens (tertiary/aromatic N) is 2. The fourth-order valence-electron chi connectivity index (χ4n) is 6.13. The summed E-state index contributed by atoms with van der Waals surface area (Å²) in [4.78, 5) is 9.93. The van der Waals surface area contributed by atoms with Crippen LogP contribution in [0.15, 0.2) is 154 Å². The van der Waals surface area contributed by atoms with E-state index in [1.54, 1.807) is 0 Å². The smallest absolute Gasteiger partial charge is 0.159 e. The van der Waals surface area contributed by atoms with Crippen molar-refractivity contribution in [3.8, 4) is 11.1 Å². The molecule has 9 rings (SSSR count). The van der Waals surface area contributed by atoms with Gasteiger partial charge in [0.1, 0.15) is 23.2 Å². The van der Waals surface area contributed by atoms with E-state index in [1.165, 1.54) is 25.7 Å². The van der Waals surface area contributed by atoms with Crippen LogP contribution in [-0.2, 0) is 0 Å². The summed E-state index contributed by atoms with van der Waals surface area (Å²) in [6.45, 7) is 0. The first kappa shape index (κ1) is 25.0. The number of hydrogen-bond donors (Lipinski definition) is 1. The molecule has 208 valence electrons. The van der Waals surface area contributed by atoms with Crippen LogP contribution < -0.4 is 5.32 Å². The lowest BCUT2D eigenvalue weighted by Gasteiger charge is -2.23. The highest BCUT2D eigenvalue weighted by molar-refractivity contribution is 7.25. The molecule has 1 atom stereocenters. The molecule has 1 N–H and O–H groups in total. The van der Waals surface area contributed by atoms with Gasteiger partial charge in [0.15, 0.2) is 5.84 Å². The second-order valence-corrected chi connectivity index (χ2v) is 12.2. The molecule has 5 heteroatoms. The second-order valence-electron chi connectivity index (χ2n) is 11.1. The Kier molecular flexibility index (Phi) is 5.71. The van der Waals surface area contributed by atoms with Crippen molar-refractivity contribution in [2.45, 2.75) is 6.17 Å². The first-order chi connectivity index (χ1) is 21.8. The van der Waals surface area contributed by atoms with Crippen LogP contribution in [-0.4, -0.2) is 11.7 Å². The number of fused-ring (bicyclic) bond motifs is 6. The summed E-state index contributed by atoms with van der Waals surface area (Å²) in [6, 6.07) is 48.6. The SMILES string of the molecule is c1ccc(C2=NC(c3ccccc3)NC(c3ccc4c(c3)oc3cc(-c5ccc6sc7ccccc7c6c5)ccc34)=N2)cc1. The van der Waals surface area contributed by atoms with Gasteiger partial charge in [0, 0.05) is 42.1 Å². The molecule has 1 aliphatic heterocycles. The average Bonchev–Trinajstić information content (AvgIpc) is 3.66. The fourth-order valence-corrected chi connectivity index (χ4v) is 7.21. The summed E-state index contributed by atoms with van der Waals surface area (Å²) >= 11 is 1.84. The standard InChI is InChI=1S/C39H25N3OS/c1-3-9-24(10-4-1)37-40-38(25-11-5-2-6-12-25)42-39(41-37)28-16-19-30-29-18-15-27(22-33(29)43-34(30)23-28)26-17-20-36-32(21-26)31-13-7-8-14-35(31)44-36/h1-23,37H,(H,40,41,42). The highest BCUT2D eigenvalue weighted by Gasteiger charge is 2.21. The minimum Gasteiger partial charge on any atom is -0.456 e. The molecule has 3 heterocycles. The summed E-state index contributed by atoms with van der Waals surface area (Å²) in [5, 5.41) is 8.35. The lowest BCUT2D eigenvalue weighted by atomic mass is 10.0. The molecule has 0 saturated carbocycles. The summed E-state index contributed by atoms with van der Waals surface area (Å²) in [6.07, 6.45) is -0.245. The zero-order chi connectivity index (χ0) is 29.0. The molecule has 0 fully saturated rings. The second kappa shape index (κ2) is 10.0. The number of amidine groups is 2. The first-order valence-corrected chi connectivity index (χ1v) is 15.5. The Hall–Kier alpha value is -5.52. The predicted molar refractivity (Wildman–Crippen MR) is 184 cm³/mol. The monoisotopic (exact) mass is 583 g/mol. The largest absolute Gasteiger partial charge is 0.456 e. The summed E-state index contributed by atoms with van der Waals surface area (Å²) in [5.74, 6) is 1.48. The van der Waals surface area contributed by atoms with Crippen molar-refractivity contribution in [3.05, 3.63) is 156 Å². The molecule has 6 aromatic carbocycles. The molecule has 2 aromatic heterocycles. The van der Waals surface area contributed by atoms with Crippen molar-refractivity contribution >= 4 is 65.1 Å². The third-order valence-electron chi connectivity index (χ3n) is 8.35. The van der Waals surface area contributed by atoms with Gasteiger partial charge in [-0.3, -0.25) is 0 Å². The van der Waals surface area contributed by atoms with Crippen LogP contribution in [0, 0.1) is 0 Å². The Balaban J connectivity index is 1.11. The number of aliphatic imine (C=N–C) groups is 2. The summed E-state index contributed by atoms with van der Waals surface area (Å²) in [7, 11) is 0. The molecule has 8 aromatic rings.